The molecule has 136 valence electrons. The summed E-state index contributed by atoms with van der Waals surface area (Å²) in [6, 6.07) is 10.3. The van der Waals surface area contributed by atoms with E-state index in [0.717, 1.165) is 12.3 Å². The average molecular weight is 362 g/mol. The maximum atomic E-state index is 12.0. The number of benzene rings is 1. The first-order valence-electron chi connectivity index (χ1n) is 8.67. The van der Waals surface area contributed by atoms with E-state index in [2.05, 4.69) is 55.0 Å². The zero-order valence-corrected chi connectivity index (χ0v) is 16.4. The second kappa shape index (κ2) is 9.02. The van der Waals surface area contributed by atoms with Crippen molar-refractivity contribution < 1.29 is 14.4 Å². The predicted molar refractivity (Wildman–Crippen MR) is 103 cm³/mol. The molecule has 1 unspecified atom stereocenters. The Hall–Kier alpha value is -1.85. The van der Waals surface area contributed by atoms with Crippen molar-refractivity contribution in [3.63, 3.8) is 0 Å². The maximum absolute atomic E-state index is 12.0. The van der Waals surface area contributed by atoms with Crippen molar-refractivity contribution in [3.8, 4) is 5.75 Å². The Morgan fingerprint density at radius 3 is 2.52 bits per heavy atom. The van der Waals surface area contributed by atoms with Crippen LogP contribution in [0.5, 0.6) is 5.75 Å². The first-order valence-corrected chi connectivity index (χ1v) is 9.61. The minimum atomic E-state index is 0.0550. The molecule has 0 saturated carbocycles. The summed E-state index contributed by atoms with van der Waals surface area (Å²) in [6.07, 6.45) is 0. The predicted octanol–water partition coefficient (Wildman–Crippen LogP) is 2.26. The third-order valence-electron chi connectivity index (χ3n) is 3.96. The lowest BCUT2D eigenvalue weighted by atomic mass is 9.87. The maximum Gasteiger partial charge on any atom is 0.275 e. The molecule has 0 aliphatic heterocycles. The fraction of sp³-hybridized carbons (Fsp3) is 0.450. The van der Waals surface area contributed by atoms with Crippen molar-refractivity contribution in [2.75, 3.05) is 26.7 Å². The van der Waals surface area contributed by atoms with Gasteiger partial charge in [-0.2, -0.15) is 11.3 Å². The minimum Gasteiger partial charge on any atom is -0.492 e. The van der Waals surface area contributed by atoms with Crippen LogP contribution in [-0.2, 0) is 16.8 Å². The molecule has 0 aliphatic rings. The molecule has 25 heavy (non-hydrogen) atoms. The second-order valence-corrected chi connectivity index (χ2v) is 8.20. The van der Waals surface area contributed by atoms with E-state index < -0.39 is 0 Å². The molecule has 5 heteroatoms. The molecular formula is C20H29N2O2S+. The second-order valence-electron chi connectivity index (χ2n) is 7.42. The largest absolute Gasteiger partial charge is 0.492 e. The van der Waals surface area contributed by atoms with Crippen LogP contribution in [0.25, 0.3) is 0 Å². The summed E-state index contributed by atoms with van der Waals surface area (Å²) < 4.78 is 5.69. The number of hydrogen-bond acceptors (Lipinski definition) is 3. The molecule has 1 aromatic carbocycles. The Labute approximate surface area is 154 Å². The van der Waals surface area contributed by atoms with Crippen molar-refractivity contribution in [2.24, 2.45) is 0 Å². The zero-order chi connectivity index (χ0) is 18.3. The first-order chi connectivity index (χ1) is 11.8. The lowest BCUT2D eigenvalue weighted by molar-refractivity contribution is -0.885. The number of amides is 1. The van der Waals surface area contributed by atoms with Crippen LogP contribution in [0.2, 0.25) is 0 Å². The molecule has 4 nitrogen and oxygen atoms in total. The summed E-state index contributed by atoms with van der Waals surface area (Å²) in [4.78, 5) is 13.1. The van der Waals surface area contributed by atoms with Crippen LogP contribution in [0, 0.1) is 0 Å². The van der Waals surface area contributed by atoms with Crippen LogP contribution in [0.4, 0.5) is 0 Å². The standard InChI is InChI=1S/C20H28N2O2S/c1-20(2,3)17-5-7-18(8-6-17)24-11-10-21-19(23)14-22(4)13-16-9-12-25-15-16/h5-9,12,15H,10-11,13-14H2,1-4H3,(H,21,23)/p+1. The van der Waals surface area contributed by atoms with E-state index in [4.69, 9.17) is 4.74 Å². The van der Waals surface area contributed by atoms with E-state index in [1.807, 2.05) is 19.2 Å². The van der Waals surface area contributed by atoms with Crippen molar-refractivity contribution in [1.82, 2.24) is 5.32 Å². The molecule has 0 saturated heterocycles. The normalized spacial score (nSPS) is 12.6. The average Bonchev–Trinajstić information content (AvgIpc) is 3.04. The number of likely N-dealkylation sites (N-methyl/N-ethyl adjacent to an activating group) is 1. The molecule has 1 atom stereocenters. The molecule has 0 radical (unpaired) electrons. The highest BCUT2D eigenvalue weighted by atomic mass is 32.1. The third kappa shape index (κ3) is 6.88. The van der Waals surface area contributed by atoms with Gasteiger partial charge in [0.05, 0.1) is 13.6 Å². The van der Waals surface area contributed by atoms with Crippen molar-refractivity contribution in [2.45, 2.75) is 32.7 Å². The number of thiophene rings is 1. The molecule has 0 fully saturated rings. The molecule has 2 N–H and O–H groups in total. The Bertz CT molecular complexity index is 645. The summed E-state index contributed by atoms with van der Waals surface area (Å²) >= 11 is 1.69. The van der Waals surface area contributed by atoms with Gasteiger partial charge in [0.1, 0.15) is 18.9 Å². The van der Waals surface area contributed by atoms with E-state index >= 15 is 0 Å². The number of quaternary nitrogens is 1. The number of hydrogen-bond donors (Lipinski definition) is 2. The quantitative estimate of drug-likeness (QED) is 0.708. The van der Waals surface area contributed by atoms with Crippen LogP contribution in [0.3, 0.4) is 0 Å². The molecule has 1 amide bonds. The van der Waals surface area contributed by atoms with E-state index in [9.17, 15) is 4.79 Å². The van der Waals surface area contributed by atoms with Gasteiger partial charge in [0.2, 0.25) is 0 Å². The van der Waals surface area contributed by atoms with E-state index in [0.29, 0.717) is 19.7 Å². The van der Waals surface area contributed by atoms with Crippen LogP contribution in [0.15, 0.2) is 41.1 Å². The van der Waals surface area contributed by atoms with Crippen LogP contribution in [0.1, 0.15) is 31.9 Å². The monoisotopic (exact) mass is 361 g/mol. The van der Waals surface area contributed by atoms with Gasteiger partial charge in [0.25, 0.3) is 5.91 Å². The van der Waals surface area contributed by atoms with Gasteiger partial charge in [-0.1, -0.05) is 32.9 Å². The summed E-state index contributed by atoms with van der Waals surface area (Å²) in [5.74, 6) is 0.891. The molecule has 2 rings (SSSR count). The zero-order valence-electron chi connectivity index (χ0n) is 15.6. The fourth-order valence-electron chi connectivity index (χ4n) is 2.55. The number of ether oxygens (including phenoxy) is 1. The van der Waals surface area contributed by atoms with Gasteiger partial charge in [-0.25, -0.2) is 0 Å². The number of carbonyl (C=O) groups excluding carboxylic acids is 1. The Kier molecular flexibility index (Phi) is 7.02. The third-order valence-corrected chi connectivity index (χ3v) is 4.69. The molecular weight excluding hydrogens is 332 g/mol. The van der Waals surface area contributed by atoms with E-state index in [-0.39, 0.29) is 11.3 Å². The lowest BCUT2D eigenvalue weighted by Gasteiger charge is -2.19. The Morgan fingerprint density at radius 1 is 1.20 bits per heavy atom. The topological polar surface area (TPSA) is 42.8 Å². The van der Waals surface area contributed by atoms with Gasteiger partial charge < -0.3 is 15.0 Å². The molecule has 2 aromatic rings. The SMILES string of the molecule is C[NH+](CC(=O)NCCOc1ccc(C(C)(C)C)cc1)Cc1ccsc1. The molecule has 1 aromatic heterocycles. The highest BCUT2D eigenvalue weighted by molar-refractivity contribution is 7.07. The van der Waals surface area contributed by atoms with Crippen LogP contribution in [-0.4, -0.2) is 32.7 Å². The van der Waals surface area contributed by atoms with Crippen molar-refractivity contribution in [3.05, 3.63) is 52.2 Å². The van der Waals surface area contributed by atoms with Gasteiger partial charge in [-0.15, -0.1) is 0 Å². The van der Waals surface area contributed by atoms with Crippen LogP contribution >= 0.6 is 11.3 Å². The summed E-state index contributed by atoms with van der Waals surface area (Å²) in [5.41, 5.74) is 2.70. The van der Waals surface area contributed by atoms with Crippen molar-refractivity contribution in [1.29, 1.82) is 0 Å². The van der Waals surface area contributed by atoms with E-state index in [1.165, 1.54) is 16.0 Å². The number of carbonyl (C=O) groups is 1. The summed E-state index contributed by atoms with van der Waals surface area (Å²) in [5, 5.41) is 7.11. The highest BCUT2D eigenvalue weighted by Gasteiger charge is 2.13. The lowest BCUT2D eigenvalue weighted by Crippen LogP contribution is -3.08. The minimum absolute atomic E-state index is 0.0550. The molecule has 0 aliphatic carbocycles. The van der Waals surface area contributed by atoms with Gasteiger partial charge >= 0.3 is 0 Å². The molecule has 1 heterocycles. The summed E-state index contributed by atoms with van der Waals surface area (Å²) in [6.45, 7) is 8.90. The van der Waals surface area contributed by atoms with Crippen molar-refractivity contribution >= 4 is 17.2 Å². The summed E-state index contributed by atoms with van der Waals surface area (Å²) in [7, 11) is 2.03. The molecule has 0 spiro atoms. The van der Waals surface area contributed by atoms with Gasteiger partial charge in [-0.05, 0) is 39.9 Å². The Balaban J connectivity index is 1.64. The number of rotatable bonds is 8. The van der Waals surface area contributed by atoms with E-state index in [1.54, 1.807) is 11.3 Å². The number of nitrogens with one attached hydrogen (secondary N) is 2. The highest BCUT2D eigenvalue weighted by Crippen LogP contribution is 2.24. The van der Waals surface area contributed by atoms with Gasteiger partial charge in [0, 0.05) is 5.56 Å². The van der Waals surface area contributed by atoms with Gasteiger partial charge in [0.15, 0.2) is 6.54 Å². The molecule has 0 bridgehead atoms. The fourth-order valence-corrected chi connectivity index (χ4v) is 3.22. The van der Waals surface area contributed by atoms with Crippen LogP contribution < -0.4 is 15.0 Å². The first kappa shape index (κ1) is 19.5. The Morgan fingerprint density at radius 2 is 1.92 bits per heavy atom. The van der Waals surface area contributed by atoms with Gasteiger partial charge in [-0.3, -0.25) is 4.79 Å². The smallest absolute Gasteiger partial charge is 0.275 e.